The molecule has 1 fully saturated rings. The van der Waals surface area contributed by atoms with Gasteiger partial charge in [0, 0.05) is 26.1 Å². The molecule has 0 aromatic carbocycles. The molecule has 1 unspecified atom stereocenters. The molecule has 19 heavy (non-hydrogen) atoms. The molecule has 1 aliphatic rings. The summed E-state index contributed by atoms with van der Waals surface area (Å²) in [7, 11) is 0. The molecule has 1 atom stereocenters. The number of alkyl halides is 3. The number of hydrogen-bond acceptors (Lipinski definition) is 4. The van der Waals surface area contributed by atoms with Crippen LogP contribution in [0.4, 0.5) is 19.0 Å². The Morgan fingerprint density at radius 1 is 1.42 bits per heavy atom. The Morgan fingerprint density at radius 3 is 2.63 bits per heavy atom. The highest BCUT2D eigenvalue weighted by molar-refractivity contribution is 5.73. The van der Waals surface area contributed by atoms with E-state index >= 15 is 0 Å². The zero-order valence-corrected chi connectivity index (χ0v) is 10.2. The van der Waals surface area contributed by atoms with Crippen LogP contribution in [0.2, 0.25) is 0 Å². The van der Waals surface area contributed by atoms with Gasteiger partial charge in [-0.05, 0) is 18.6 Å². The molecule has 1 saturated heterocycles. The molecule has 1 N–H and O–H groups in total. The van der Waals surface area contributed by atoms with Crippen molar-refractivity contribution in [1.29, 1.82) is 0 Å². The monoisotopic (exact) mass is 274 g/mol. The second-order valence-electron chi connectivity index (χ2n) is 4.40. The molecular formula is C11H13F3N4O. The van der Waals surface area contributed by atoms with Crippen molar-refractivity contribution >= 4 is 11.7 Å². The molecule has 1 aliphatic heterocycles. The van der Waals surface area contributed by atoms with Crippen molar-refractivity contribution in [2.24, 2.45) is 0 Å². The van der Waals surface area contributed by atoms with Gasteiger partial charge in [-0.25, -0.2) is 0 Å². The van der Waals surface area contributed by atoms with Gasteiger partial charge >= 0.3 is 6.18 Å². The first-order valence-corrected chi connectivity index (χ1v) is 5.79. The Bertz CT molecular complexity index is 460. The van der Waals surface area contributed by atoms with Crippen molar-refractivity contribution in [2.75, 3.05) is 18.4 Å². The molecular weight excluding hydrogens is 261 g/mol. The second kappa shape index (κ2) is 5.02. The fourth-order valence-corrected chi connectivity index (χ4v) is 1.93. The van der Waals surface area contributed by atoms with Gasteiger partial charge < -0.3 is 10.2 Å². The number of carbonyl (C=O) groups is 1. The first-order chi connectivity index (χ1) is 8.86. The van der Waals surface area contributed by atoms with Crippen LogP contribution in [0.15, 0.2) is 12.1 Å². The Hall–Kier alpha value is -1.86. The lowest BCUT2D eigenvalue weighted by Gasteiger charge is -2.15. The summed E-state index contributed by atoms with van der Waals surface area (Å²) < 4.78 is 36.9. The number of amides is 1. The highest BCUT2D eigenvalue weighted by Gasteiger charge is 2.33. The third-order valence-corrected chi connectivity index (χ3v) is 2.94. The Labute approximate surface area is 107 Å². The average Bonchev–Trinajstić information content (AvgIpc) is 2.77. The maximum Gasteiger partial charge on any atom is 0.435 e. The lowest BCUT2D eigenvalue weighted by molar-refractivity contribution is -0.141. The minimum atomic E-state index is -4.48. The van der Waals surface area contributed by atoms with Crippen LogP contribution in [-0.4, -0.2) is 40.1 Å². The van der Waals surface area contributed by atoms with E-state index in [0.29, 0.717) is 13.1 Å². The number of anilines is 1. The lowest BCUT2D eigenvalue weighted by Crippen LogP contribution is -2.29. The second-order valence-corrected chi connectivity index (χ2v) is 4.40. The maximum atomic E-state index is 12.3. The summed E-state index contributed by atoms with van der Waals surface area (Å²) in [6.07, 6.45) is -3.74. The Kier molecular flexibility index (Phi) is 3.59. The molecule has 1 aromatic rings. The molecule has 5 nitrogen and oxygen atoms in total. The van der Waals surface area contributed by atoms with Gasteiger partial charge in [0.2, 0.25) is 5.91 Å². The van der Waals surface area contributed by atoms with Gasteiger partial charge in [0.25, 0.3) is 0 Å². The maximum absolute atomic E-state index is 12.3. The number of aromatic nitrogens is 2. The highest BCUT2D eigenvalue weighted by atomic mass is 19.4. The summed E-state index contributed by atoms with van der Waals surface area (Å²) >= 11 is 0. The van der Waals surface area contributed by atoms with Crippen LogP contribution in [0.5, 0.6) is 0 Å². The van der Waals surface area contributed by atoms with Gasteiger partial charge in [-0.2, -0.15) is 13.2 Å². The predicted molar refractivity (Wildman–Crippen MR) is 61.3 cm³/mol. The van der Waals surface area contributed by atoms with Crippen LogP contribution < -0.4 is 5.32 Å². The minimum Gasteiger partial charge on any atom is -0.364 e. The number of hydrogen-bond donors (Lipinski definition) is 1. The van der Waals surface area contributed by atoms with Gasteiger partial charge in [-0.15, -0.1) is 10.2 Å². The molecule has 1 aromatic heterocycles. The largest absolute Gasteiger partial charge is 0.435 e. The quantitative estimate of drug-likeness (QED) is 0.888. The number of rotatable bonds is 2. The lowest BCUT2D eigenvalue weighted by atomic mass is 10.2. The van der Waals surface area contributed by atoms with Gasteiger partial charge in [-0.3, -0.25) is 4.79 Å². The van der Waals surface area contributed by atoms with Crippen molar-refractivity contribution < 1.29 is 18.0 Å². The van der Waals surface area contributed by atoms with Crippen LogP contribution in [0.3, 0.4) is 0 Å². The van der Waals surface area contributed by atoms with E-state index in [4.69, 9.17) is 0 Å². The number of carbonyl (C=O) groups excluding carboxylic acids is 1. The van der Waals surface area contributed by atoms with E-state index in [2.05, 4.69) is 15.5 Å². The molecule has 0 spiro atoms. The molecule has 0 bridgehead atoms. The van der Waals surface area contributed by atoms with Crippen LogP contribution in [0.1, 0.15) is 19.0 Å². The zero-order valence-electron chi connectivity index (χ0n) is 10.2. The van der Waals surface area contributed by atoms with E-state index in [1.165, 1.54) is 13.0 Å². The molecule has 2 rings (SSSR count). The van der Waals surface area contributed by atoms with E-state index in [1.54, 1.807) is 4.90 Å². The summed E-state index contributed by atoms with van der Waals surface area (Å²) in [5.74, 6) is 0.270. The Morgan fingerprint density at radius 2 is 2.16 bits per heavy atom. The minimum absolute atomic E-state index is 0.00469. The summed E-state index contributed by atoms with van der Waals surface area (Å²) in [6.45, 7) is 2.65. The normalized spacial score (nSPS) is 19.6. The van der Waals surface area contributed by atoms with E-state index < -0.39 is 11.9 Å². The van der Waals surface area contributed by atoms with Crippen molar-refractivity contribution in [2.45, 2.75) is 25.6 Å². The predicted octanol–water partition coefficient (Wildman–Crippen LogP) is 1.53. The van der Waals surface area contributed by atoms with Crippen LogP contribution in [-0.2, 0) is 11.0 Å². The third kappa shape index (κ3) is 3.33. The average molecular weight is 274 g/mol. The SMILES string of the molecule is CC(=O)N1CCC(Nc2ccc(C(F)(F)F)nn2)C1. The number of nitrogens with zero attached hydrogens (tertiary/aromatic N) is 3. The topological polar surface area (TPSA) is 58.1 Å². The standard InChI is InChI=1S/C11H13F3N4O/c1-7(19)18-5-4-8(6-18)15-10-3-2-9(16-17-10)11(12,13)14/h2-3,8H,4-6H2,1H3,(H,15,17). The van der Waals surface area contributed by atoms with Crippen molar-refractivity contribution in [1.82, 2.24) is 15.1 Å². The molecule has 2 heterocycles. The molecule has 0 aliphatic carbocycles. The van der Waals surface area contributed by atoms with E-state index in [9.17, 15) is 18.0 Å². The molecule has 0 radical (unpaired) electrons. The summed E-state index contributed by atoms with van der Waals surface area (Å²) in [4.78, 5) is 12.8. The number of likely N-dealkylation sites (tertiary alicyclic amines) is 1. The van der Waals surface area contributed by atoms with Gasteiger partial charge in [0.1, 0.15) is 5.82 Å². The number of halogens is 3. The van der Waals surface area contributed by atoms with Gasteiger partial charge in [0.05, 0.1) is 0 Å². The smallest absolute Gasteiger partial charge is 0.364 e. The van der Waals surface area contributed by atoms with Crippen molar-refractivity contribution in [3.8, 4) is 0 Å². The van der Waals surface area contributed by atoms with Gasteiger partial charge in [-0.1, -0.05) is 0 Å². The van der Waals surface area contributed by atoms with Crippen LogP contribution in [0.25, 0.3) is 0 Å². The summed E-state index contributed by atoms with van der Waals surface area (Å²) in [5, 5.41) is 9.59. The van der Waals surface area contributed by atoms with Crippen molar-refractivity contribution in [3.63, 3.8) is 0 Å². The van der Waals surface area contributed by atoms with E-state index in [-0.39, 0.29) is 17.8 Å². The Balaban J connectivity index is 1.96. The van der Waals surface area contributed by atoms with Crippen molar-refractivity contribution in [3.05, 3.63) is 17.8 Å². The first kappa shape index (κ1) is 13.6. The highest BCUT2D eigenvalue weighted by Crippen LogP contribution is 2.27. The molecule has 8 heteroatoms. The fraction of sp³-hybridized carbons (Fsp3) is 0.545. The third-order valence-electron chi connectivity index (χ3n) is 2.94. The fourth-order valence-electron chi connectivity index (χ4n) is 1.93. The molecule has 104 valence electrons. The molecule has 1 amide bonds. The number of nitrogens with one attached hydrogen (secondary N) is 1. The zero-order chi connectivity index (χ0) is 14.0. The summed E-state index contributed by atoms with van der Waals surface area (Å²) in [6, 6.07) is 2.12. The van der Waals surface area contributed by atoms with Crippen LogP contribution in [0, 0.1) is 0 Å². The van der Waals surface area contributed by atoms with E-state index in [1.807, 2.05) is 0 Å². The summed E-state index contributed by atoms with van der Waals surface area (Å²) in [5.41, 5.74) is -1.02. The van der Waals surface area contributed by atoms with Crippen LogP contribution >= 0.6 is 0 Å². The first-order valence-electron chi connectivity index (χ1n) is 5.79. The van der Waals surface area contributed by atoms with Gasteiger partial charge in [0.15, 0.2) is 5.69 Å². The molecule has 0 saturated carbocycles. The van der Waals surface area contributed by atoms with E-state index in [0.717, 1.165) is 12.5 Å².